The molecule has 7 heteroatoms. The molecule has 2 heterocycles. The maximum absolute atomic E-state index is 12.2. The Kier molecular flexibility index (Phi) is 6.17. The summed E-state index contributed by atoms with van der Waals surface area (Å²) >= 11 is 0. The molecule has 1 aromatic heterocycles. The van der Waals surface area contributed by atoms with E-state index in [1.54, 1.807) is 13.1 Å². The number of sulfone groups is 1. The fraction of sp³-hybridized carbons (Fsp3) is 0.789. The zero-order chi connectivity index (χ0) is 18.7. The number of hydrogen-bond acceptors (Lipinski definition) is 5. The van der Waals surface area contributed by atoms with Crippen molar-refractivity contribution >= 4 is 15.6 Å². The first kappa shape index (κ1) is 19.5. The van der Waals surface area contributed by atoms with Gasteiger partial charge in [0.25, 0.3) is 0 Å². The Balaban J connectivity index is 1.79. The molecule has 1 unspecified atom stereocenters. The van der Waals surface area contributed by atoms with Crippen LogP contribution in [0.5, 0.6) is 0 Å². The third-order valence-corrected chi connectivity index (χ3v) is 6.85. The first-order valence-corrected chi connectivity index (χ1v) is 11.7. The van der Waals surface area contributed by atoms with E-state index in [1.165, 1.54) is 25.5 Å². The van der Waals surface area contributed by atoms with Crippen molar-refractivity contribution in [2.75, 3.05) is 19.3 Å². The maximum atomic E-state index is 12.2. The molecule has 1 aliphatic heterocycles. The standard InChI is InChI=1S/C19H31N3O3S/c1-15(23)17-9-6-10-21(13-17)14-18-11-20-19(26(2,24)25)22(18)12-16-7-4-3-5-8-16/h11,16-17H,3-10,12-14H2,1-2H3. The average molecular weight is 382 g/mol. The first-order chi connectivity index (χ1) is 12.3. The summed E-state index contributed by atoms with van der Waals surface area (Å²) in [6, 6.07) is 0. The minimum absolute atomic E-state index is 0.104. The molecule has 1 atom stereocenters. The van der Waals surface area contributed by atoms with Crippen molar-refractivity contribution in [3.8, 4) is 0 Å². The summed E-state index contributed by atoms with van der Waals surface area (Å²) in [5, 5.41) is 0.193. The van der Waals surface area contributed by atoms with Crippen molar-refractivity contribution in [2.45, 2.75) is 70.1 Å². The summed E-state index contributed by atoms with van der Waals surface area (Å²) in [5.74, 6) is 0.888. The first-order valence-electron chi connectivity index (χ1n) is 9.82. The maximum Gasteiger partial charge on any atom is 0.227 e. The second kappa shape index (κ2) is 8.21. The number of hydrogen-bond donors (Lipinski definition) is 0. The molecule has 2 aliphatic rings. The Morgan fingerprint density at radius 3 is 2.58 bits per heavy atom. The number of aromatic nitrogens is 2. The van der Waals surface area contributed by atoms with Gasteiger partial charge in [0.2, 0.25) is 15.0 Å². The highest BCUT2D eigenvalue weighted by molar-refractivity contribution is 7.90. The Hall–Kier alpha value is -1.21. The predicted molar refractivity (Wildman–Crippen MR) is 101 cm³/mol. The van der Waals surface area contributed by atoms with Gasteiger partial charge >= 0.3 is 0 Å². The van der Waals surface area contributed by atoms with Gasteiger partial charge in [-0.2, -0.15) is 0 Å². The highest BCUT2D eigenvalue weighted by Gasteiger charge is 2.27. The van der Waals surface area contributed by atoms with E-state index in [9.17, 15) is 13.2 Å². The zero-order valence-corrected chi connectivity index (χ0v) is 16.8. The van der Waals surface area contributed by atoms with Crippen LogP contribution in [0.4, 0.5) is 0 Å². The van der Waals surface area contributed by atoms with Gasteiger partial charge in [-0.05, 0) is 45.1 Å². The summed E-state index contributed by atoms with van der Waals surface area (Å²) in [6.45, 7) is 4.79. The summed E-state index contributed by atoms with van der Waals surface area (Å²) in [6.07, 6.45) is 11.0. The van der Waals surface area contributed by atoms with Gasteiger partial charge < -0.3 is 4.57 Å². The number of likely N-dealkylation sites (tertiary alicyclic amines) is 1. The Labute approximate surface area is 156 Å². The van der Waals surface area contributed by atoms with Crippen LogP contribution < -0.4 is 0 Å². The van der Waals surface area contributed by atoms with Gasteiger partial charge in [0.05, 0.1) is 11.9 Å². The summed E-state index contributed by atoms with van der Waals surface area (Å²) in [4.78, 5) is 18.3. The molecule has 1 aromatic rings. The second-order valence-electron chi connectivity index (χ2n) is 8.10. The topological polar surface area (TPSA) is 72.3 Å². The molecule has 26 heavy (non-hydrogen) atoms. The van der Waals surface area contributed by atoms with E-state index in [0.29, 0.717) is 12.5 Å². The molecule has 0 radical (unpaired) electrons. The molecule has 2 fully saturated rings. The monoisotopic (exact) mass is 381 g/mol. The number of imidazole rings is 1. The van der Waals surface area contributed by atoms with Crippen LogP contribution in [0.2, 0.25) is 0 Å². The van der Waals surface area contributed by atoms with Crippen molar-refractivity contribution in [1.82, 2.24) is 14.5 Å². The number of nitrogens with zero attached hydrogens (tertiary/aromatic N) is 3. The summed E-state index contributed by atoms with van der Waals surface area (Å²) in [7, 11) is -3.35. The van der Waals surface area contributed by atoms with Crippen LogP contribution in [0.3, 0.4) is 0 Å². The number of carbonyl (C=O) groups excluding carboxylic acids is 1. The normalized spacial score (nSPS) is 23.2. The van der Waals surface area contributed by atoms with Crippen LogP contribution >= 0.6 is 0 Å². The van der Waals surface area contributed by atoms with Crippen molar-refractivity contribution in [3.05, 3.63) is 11.9 Å². The smallest absolute Gasteiger partial charge is 0.227 e. The lowest BCUT2D eigenvalue weighted by atomic mass is 9.89. The largest absolute Gasteiger partial charge is 0.317 e. The molecule has 0 amide bonds. The Morgan fingerprint density at radius 1 is 1.19 bits per heavy atom. The zero-order valence-electron chi connectivity index (χ0n) is 16.0. The van der Waals surface area contributed by atoms with Gasteiger partial charge in [-0.3, -0.25) is 9.69 Å². The number of Topliss-reactive ketones (excluding diaryl/α,β-unsaturated/α-hetero) is 1. The Morgan fingerprint density at radius 2 is 1.92 bits per heavy atom. The molecule has 1 aliphatic carbocycles. The molecule has 0 aromatic carbocycles. The molecule has 0 bridgehead atoms. The van der Waals surface area contributed by atoms with Crippen molar-refractivity contribution in [1.29, 1.82) is 0 Å². The van der Waals surface area contributed by atoms with Crippen LogP contribution in [0.1, 0.15) is 57.6 Å². The van der Waals surface area contributed by atoms with Crippen LogP contribution in [-0.2, 0) is 27.7 Å². The third kappa shape index (κ3) is 4.74. The average Bonchev–Trinajstić information content (AvgIpc) is 2.99. The summed E-state index contributed by atoms with van der Waals surface area (Å²) < 4.78 is 26.3. The van der Waals surface area contributed by atoms with E-state index in [1.807, 2.05) is 4.57 Å². The number of carbonyl (C=O) groups is 1. The lowest BCUT2D eigenvalue weighted by molar-refractivity contribution is -0.122. The van der Waals surface area contributed by atoms with Gasteiger partial charge in [-0.1, -0.05) is 19.3 Å². The van der Waals surface area contributed by atoms with E-state index in [0.717, 1.165) is 51.0 Å². The quantitative estimate of drug-likeness (QED) is 0.757. The van der Waals surface area contributed by atoms with Gasteiger partial charge in [0, 0.05) is 31.8 Å². The molecular weight excluding hydrogens is 350 g/mol. The number of piperidine rings is 1. The lowest BCUT2D eigenvalue weighted by Crippen LogP contribution is -2.38. The fourth-order valence-electron chi connectivity index (χ4n) is 4.40. The SMILES string of the molecule is CC(=O)C1CCCN(Cc2cnc(S(C)(=O)=O)n2CC2CCCCC2)C1. The molecule has 6 nitrogen and oxygen atoms in total. The molecule has 146 valence electrons. The van der Waals surface area contributed by atoms with E-state index in [4.69, 9.17) is 0 Å². The van der Waals surface area contributed by atoms with E-state index >= 15 is 0 Å². The van der Waals surface area contributed by atoms with E-state index < -0.39 is 9.84 Å². The van der Waals surface area contributed by atoms with Gasteiger partial charge in [0.15, 0.2) is 0 Å². The fourth-order valence-corrected chi connectivity index (χ4v) is 5.23. The lowest BCUT2D eigenvalue weighted by Gasteiger charge is -2.32. The minimum atomic E-state index is -3.35. The highest BCUT2D eigenvalue weighted by atomic mass is 32.2. The van der Waals surface area contributed by atoms with Crippen molar-refractivity contribution in [2.24, 2.45) is 11.8 Å². The van der Waals surface area contributed by atoms with Crippen molar-refractivity contribution in [3.63, 3.8) is 0 Å². The van der Waals surface area contributed by atoms with Gasteiger partial charge in [-0.25, -0.2) is 13.4 Å². The van der Waals surface area contributed by atoms with Crippen molar-refractivity contribution < 1.29 is 13.2 Å². The van der Waals surface area contributed by atoms with Gasteiger partial charge in [-0.15, -0.1) is 0 Å². The summed E-state index contributed by atoms with van der Waals surface area (Å²) in [5.41, 5.74) is 0.959. The predicted octanol–water partition coefficient (Wildman–Crippen LogP) is 2.67. The van der Waals surface area contributed by atoms with E-state index in [2.05, 4.69) is 9.88 Å². The molecular formula is C19H31N3O3S. The molecule has 1 saturated heterocycles. The van der Waals surface area contributed by atoms with Crippen LogP contribution in [0, 0.1) is 11.8 Å². The van der Waals surface area contributed by atoms with Crippen LogP contribution in [0.25, 0.3) is 0 Å². The van der Waals surface area contributed by atoms with Crippen LogP contribution in [0.15, 0.2) is 11.4 Å². The van der Waals surface area contributed by atoms with Crippen LogP contribution in [-0.4, -0.2) is 48.0 Å². The molecule has 3 rings (SSSR count). The second-order valence-corrected chi connectivity index (χ2v) is 10.0. The number of ketones is 1. The van der Waals surface area contributed by atoms with E-state index in [-0.39, 0.29) is 16.9 Å². The third-order valence-electron chi connectivity index (χ3n) is 5.86. The highest BCUT2D eigenvalue weighted by Crippen LogP contribution is 2.27. The molecule has 0 spiro atoms. The number of rotatable bonds is 6. The molecule has 1 saturated carbocycles. The minimum Gasteiger partial charge on any atom is -0.317 e. The molecule has 0 N–H and O–H groups in total. The van der Waals surface area contributed by atoms with Gasteiger partial charge in [0.1, 0.15) is 5.78 Å². The Bertz CT molecular complexity index is 735.